The first-order valence-electron chi connectivity index (χ1n) is 7.15. The Bertz CT molecular complexity index is 817. The first kappa shape index (κ1) is 16.5. The summed E-state index contributed by atoms with van der Waals surface area (Å²) in [6.07, 6.45) is 3.28. The molecule has 0 aliphatic heterocycles. The minimum Gasteiger partial charge on any atom is -0.467 e. The summed E-state index contributed by atoms with van der Waals surface area (Å²) in [5.74, 6) is 0.954. The Morgan fingerprint density at radius 3 is 2.79 bits per heavy atom. The average molecular weight is 365 g/mol. The molecule has 0 aliphatic carbocycles. The third-order valence-corrected chi connectivity index (χ3v) is 3.73. The average Bonchev–Trinajstić information content (AvgIpc) is 3.18. The molecule has 0 radical (unpaired) electrons. The first-order valence-corrected chi connectivity index (χ1v) is 7.93. The molecule has 0 saturated heterocycles. The number of nitrogens with one attached hydrogen (secondary N) is 2. The van der Waals surface area contributed by atoms with Gasteiger partial charge in [0.1, 0.15) is 16.6 Å². The molecule has 1 aromatic carbocycles. The summed E-state index contributed by atoms with van der Waals surface area (Å²) in [7, 11) is 0. The Hall–Kier alpha value is -2.38. The molecule has 124 valence electrons. The van der Waals surface area contributed by atoms with Crippen molar-refractivity contribution in [2.45, 2.75) is 13.1 Å². The van der Waals surface area contributed by atoms with E-state index in [0.29, 0.717) is 29.0 Å². The molecular formula is C16H14ClFN4OS. The molecule has 24 heavy (non-hydrogen) atoms. The van der Waals surface area contributed by atoms with E-state index in [1.165, 1.54) is 12.1 Å². The van der Waals surface area contributed by atoms with Gasteiger partial charge in [-0.25, -0.2) is 4.39 Å². The SMILES string of the molecule is Fc1ccc(Cn2cc(Cl)c(NC(=S)NCc3ccco3)n2)cc1. The Labute approximate surface area is 148 Å². The molecule has 3 rings (SSSR count). The molecule has 0 spiro atoms. The van der Waals surface area contributed by atoms with Crippen molar-refractivity contribution in [3.05, 3.63) is 71.0 Å². The molecule has 2 heterocycles. The molecule has 3 aromatic rings. The van der Waals surface area contributed by atoms with Crippen molar-refractivity contribution < 1.29 is 8.81 Å². The van der Waals surface area contributed by atoms with Crippen LogP contribution in [0.5, 0.6) is 0 Å². The van der Waals surface area contributed by atoms with E-state index in [9.17, 15) is 4.39 Å². The van der Waals surface area contributed by atoms with Gasteiger partial charge in [-0.1, -0.05) is 23.7 Å². The lowest BCUT2D eigenvalue weighted by Crippen LogP contribution is -2.28. The van der Waals surface area contributed by atoms with Crippen LogP contribution < -0.4 is 10.6 Å². The van der Waals surface area contributed by atoms with Gasteiger partial charge in [-0.15, -0.1) is 0 Å². The predicted molar refractivity (Wildman–Crippen MR) is 94.5 cm³/mol. The van der Waals surface area contributed by atoms with Crippen LogP contribution in [-0.4, -0.2) is 14.9 Å². The van der Waals surface area contributed by atoms with Gasteiger partial charge in [0.05, 0.1) is 19.4 Å². The van der Waals surface area contributed by atoms with E-state index in [0.717, 1.165) is 11.3 Å². The molecular weight excluding hydrogens is 351 g/mol. The number of thiocarbonyl (C=S) groups is 1. The lowest BCUT2D eigenvalue weighted by atomic mass is 10.2. The number of hydrogen-bond donors (Lipinski definition) is 2. The second-order valence-corrected chi connectivity index (χ2v) is 5.85. The second-order valence-electron chi connectivity index (χ2n) is 5.04. The topological polar surface area (TPSA) is 55.0 Å². The number of nitrogens with zero attached hydrogens (tertiary/aromatic N) is 2. The zero-order valence-electron chi connectivity index (χ0n) is 12.5. The summed E-state index contributed by atoms with van der Waals surface area (Å²) >= 11 is 11.4. The van der Waals surface area contributed by atoms with E-state index in [-0.39, 0.29) is 5.82 Å². The minimum atomic E-state index is -0.271. The van der Waals surface area contributed by atoms with Gasteiger partial charge in [-0.2, -0.15) is 5.10 Å². The van der Waals surface area contributed by atoms with Gasteiger partial charge in [-0.05, 0) is 42.0 Å². The first-order chi connectivity index (χ1) is 11.6. The van der Waals surface area contributed by atoms with Gasteiger partial charge in [0.25, 0.3) is 0 Å². The Morgan fingerprint density at radius 2 is 2.08 bits per heavy atom. The van der Waals surface area contributed by atoms with E-state index in [1.807, 2.05) is 12.1 Å². The van der Waals surface area contributed by atoms with Crippen molar-refractivity contribution in [2.24, 2.45) is 0 Å². The largest absolute Gasteiger partial charge is 0.467 e. The summed E-state index contributed by atoms with van der Waals surface area (Å²) in [6, 6.07) is 9.88. The number of hydrogen-bond acceptors (Lipinski definition) is 3. The van der Waals surface area contributed by atoms with Crippen LogP contribution in [0.15, 0.2) is 53.3 Å². The summed E-state index contributed by atoms with van der Waals surface area (Å²) in [5, 5.41) is 11.1. The van der Waals surface area contributed by atoms with Crippen molar-refractivity contribution in [3.8, 4) is 0 Å². The Kier molecular flexibility index (Phi) is 5.12. The van der Waals surface area contributed by atoms with E-state index >= 15 is 0 Å². The molecule has 2 N–H and O–H groups in total. The van der Waals surface area contributed by atoms with Crippen LogP contribution in [0.2, 0.25) is 5.02 Å². The zero-order chi connectivity index (χ0) is 16.9. The molecule has 2 aromatic heterocycles. The molecule has 0 unspecified atom stereocenters. The number of halogens is 2. The van der Waals surface area contributed by atoms with Gasteiger partial charge in [-0.3, -0.25) is 4.68 Å². The number of furan rings is 1. The van der Waals surface area contributed by atoms with Crippen LogP contribution in [-0.2, 0) is 13.1 Å². The monoisotopic (exact) mass is 364 g/mol. The normalized spacial score (nSPS) is 10.6. The Balaban J connectivity index is 1.59. The highest BCUT2D eigenvalue weighted by Gasteiger charge is 2.09. The van der Waals surface area contributed by atoms with Crippen molar-refractivity contribution in [1.82, 2.24) is 15.1 Å². The Morgan fingerprint density at radius 1 is 1.29 bits per heavy atom. The van der Waals surface area contributed by atoms with Gasteiger partial charge in [0.2, 0.25) is 0 Å². The highest BCUT2D eigenvalue weighted by molar-refractivity contribution is 7.80. The second kappa shape index (κ2) is 7.46. The number of aromatic nitrogens is 2. The van der Waals surface area contributed by atoms with E-state index in [4.69, 9.17) is 28.2 Å². The van der Waals surface area contributed by atoms with Crippen LogP contribution in [0.25, 0.3) is 0 Å². The maximum Gasteiger partial charge on any atom is 0.173 e. The fourth-order valence-electron chi connectivity index (χ4n) is 2.07. The summed E-state index contributed by atoms with van der Waals surface area (Å²) in [5.41, 5.74) is 0.917. The van der Waals surface area contributed by atoms with Crippen LogP contribution in [0.3, 0.4) is 0 Å². The summed E-state index contributed by atoms with van der Waals surface area (Å²) < 4.78 is 19.8. The predicted octanol–water partition coefficient (Wildman–Crippen LogP) is 3.80. The van der Waals surface area contributed by atoms with Crippen molar-refractivity contribution in [1.29, 1.82) is 0 Å². The third kappa shape index (κ3) is 4.33. The summed E-state index contributed by atoms with van der Waals surface area (Å²) in [4.78, 5) is 0. The number of anilines is 1. The molecule has 0 amide bonds. The number of benzene rings is 1. The van der Waals surface area contributed by atoms with Crippen molar-refractivity contribution in [2.75, 3.05) is 5.32 Å². The summed E-state index contributed by atoms with van der Waals surface area (Å²) in [6.45, 7) is 0.945. The van der Waals surface area contributed by atoms with E-state index in [1.54, 1.807) is 29.3 Å². The van der Waals surface area contributed by atoms with Gasteiger partial charge < -0.3 is 15.1 Å². The fraction of sp³-hybridized carbons (Fsp3) is 0.125. The maximum absolute atomic E-state index is 12.9. The van der Waals surface area contributed by atoms with Gasteiger partial charge in [0.15, 0.2) is 10.9 Å². The number of rotatable bonds is 5. The smallest absolute Gasteiger partial charge is 0.173 e. The van der Waals surface area contributed by atoms with Crippen molar-refractivity contribution in [3.63, 3.8) is 0 Å². The minimum absolute atomic E-state index is 0.271. The molecule has 0 bridgehead atoms. The van der Waals surface area contributed by atoms with Crippen LogP contribution in [0.4, 0.5) is 10.2 Å². The molecule has 0 saturated carbocycles. The van der Waals surface area contributed by atoms with Gasteiger partial charge in [0, 0.05) is 6.20 Å². The molecule has 0 fully saturated rings. The van der Waals surface area contributed by atoms with Gasteiger partial charge >= 0.3 is 0 Å². The van der Waals surface area contributed by atoms with E-state index < -0.39 is 0 Å². The van der Waals surface area contributed by atoms with E-state index in [2.05, 4.69) is 15.7 Å². The lowest BCUT2D eigenvalue weighted by Gasteiger charge is -2.07. The lowest BCUT2D eigenvalue weighted by molar-refractivity contribution is 0.503. The van der Waals surface area contributed by atoms with Crippen LogP contribution in [0.1, 0.15) is 11.3 Å². The third-order valence-electron chi connectivity index (χ3n) is 3.21. The van der Waals surface area contributed by atoms with Crippen LogP contribution >= 0.6 is 23.8 Å². The maximum atomic E-state index is 12.9. The fourth-order valence-corrected chi connectivity index (χ4v) is 2.44. The molecule has 0 atom stereocenters. The highest BCUT2D eigenvalue weighted by atomic mass is 35.5. The zero-order valence-corrected chi connectivity index (χ0v) is 14.1. The molecule has 0 aliphatic rings. The van der Waals surface area contributed by atoms with Crippen molar-refractivity contribution >= 4 is 34.7 Å². The highest BCUT2D eigenvalue weighted by Crippen LogP contribution is 2.20. The molecule has 8 heteroatoms. The molecule has 5 nitrogen and oxygen atoms in total. The standard InChI is InChI=1S/C16H14ClFN4OS/c17-14-10-22(9-11-3-5-12(18)6-4-11)21-15(14)20-16(24)19-8-13-2-1-7-23-13/h1-7,10H,8-9H2,(H2,19,20,21,24). The quantitative estimate of drug-likeness (QED) is 0.674. The van der Waals surface area contributed by atoms with Crippen LogP contribution in [0, 0.1) is 5.82 Å².